The Bertz CT molecular complexity index is 439. The van der Waals surface area contributed by atoms with Crippen LogP contribution in [0.4, 0.5) is 5.69 Å². The van der Waals surface area contributed by atoms with Gasteiger partial charge in [0.25, 0.3) is 0 Å². The van der Waals surface area contributed by atoms with Crippen LogP contribution in [-0.4, -0.2) is 37.9 Å². The van der Waals surface area contributed by atoms with Gasteiger partial charge in [0, 0.05) is 18.8 Å². The van der Waals surface area contributed by atoms with Gasteiger partial charge in [-0.1, -0.05) is 17.7 Å². The number of ether oxygens (including phenoxy) is 2. The molecule has 1 aliphatic rings. The minimum absolute atomic E-state index is 0.00552. The van der Waals surface area contributed by atoms with Crippen molar-refractivity contribution in [3.8, 4) is 0 Å². The van der Waals surface area contributed by atoms with Crippen molar-refractivity contribution >= 4 is 11.6 Å². The Balaban J connectivity index is 1.83. The topological polar surface area (TPSA) is 73.6 Å². The van der Waals surface area contributed by atoms with Gasteiger partial charge in [-0.3, -0.25) is 4.79 Å². The Morgan fingerprint density at radius 3 is 2.80 bits per heavy atom. The number of nitrogens with two attached hydrogens (primary N) is 1. The second-order valence-corrected chi connectivity index (χ2v) is 5.25. The number of benzene rings is 1. The molecular weight excluding hydrogens is 256 g/mol. The van der Waals surface area contributed by atoms with Crippen LogP contribution in [0.25, 0.3) is 0 Å². The molecule has 1 atom stereocenters. The molecule has 0 spiro atoms. The standard InChI is InChI=1S/C15H22N2O3/c1-12-3-5-13(6-4-12)17-14(18)9-20-15(10-16)7-2-8-19-11-15/h3-6H,2,7-11,16H2,1H3,(H,17,18). The van der Waals surface area contributed by atoms with Crippen molar-refractivity contribution in [1.82, 2.24) is 0 Å². The first kappa shape index (κ1) is 15.0. The number of hydrogen-bond acceptors (Lipinski definition) is 4. The lowest BCUT2D eigenvalue weighted by molar-refractivity contribution is -0.143. The van der Waals surface area contributed by atoms with Crippen molar-refractivity contribution in [3.63, 3.8) is 0 Å². The molecule has 110 valence electrons. The number of carbonyl (C=O) groups is 1. The van der Waals surface area contributed by atoms with Crippen LogP contribution in [0.2, 0.25) is 0 Å². The minimum Gasteiger partial charge on any atom is -0.378 e. The van der Waals surface area contributed by atoms with E-state index in [1.54, 1.807) is 0 Å². The average Bonchev–Trinajstić information content (AvgIpc) is 2.49. The maximum absolute atomic E-state index is 11.9. The fourth-order valence-electron chi connectivity index (χ4n) is 2.21. The van der Waals surface area contributed by atoms with Gasteiger partial charge < -0.3 is 20.5 Å². The molecule has 3 N–H and O–H groups in total. The van der Waals surface area contributed by atoms with E-state index >= 15 is 0 Å². The van der Waals surface area contributed by atoms with Crippen LogP contribution in [0.15, 0.2) is 24.3 Å². The van der Waals surface area contributed by atoms with Gasteiger partial charge in [-0.15, -0.1) is 0 Å². The third kappa shape index (κ3) is 4.03. The van der Waals surface area contributed by atoms with Crippen molar-refractivity contribution < 1.29 is 14.3 Å². The Labute approximate surface area is 119 Å². The molecule has 2 rings (SSSR count). The summed E-state index contributed by atoms with van der Waals surface area (Å²) < 4.78 is 11.1. The third-order valence-corrected chi connectivity index (χ3v) is 3.50. The molecule has 0 saturated carbocycles. The molecule has 0 bridgehead atoms. The highest BCUT2D eigenvalue weighted by Crippen LogP contribution is 2.22. The van der Waals surface area contributed by atoms with E-state index in [1.165, 1.54) is 0 Å². The molecule has 1 heterocycles. The number of carbonyl (C=O) groups excluding carboxylic acids is 1. The van der Waals surface area contributed by atoms with E-state index in [9.17, 15) is 4.79 Å². The van der Waals surface area contributed by atoms with E-state index < -0.39 is 5.60 Å². The summed E-state index contributed by atoms with van der Waals surface area (Å²) >= 11 is 0. The van der Waals surface area contributed by atoms with Gasteiger partial charge in [0.15, 0.2) is 0 Å². The van der Waals surface area contributed by atoms with E-state index in [0.29, 0.717) is 13.2 Å². The lowest BCUT2D eigenvalue weighted by atomic mass is 9.96. The largest absolute Gasteiger partial charge is 0.378 e. The summed E-state index contributed by atoms with van der Waals surface area (Å²) in [4.78, 5) is 11.9. The van der Waals surface area contributed by atoms with Gasteiger partial charge in [0.1, 0.15) is 12.2 Å². The SMILES string of the molecule is Cc1ccc(NC(=O)COC2(CN)CCCOC2)cc1. The van der Waals surface area contributed by atoms with Crippen LogP contribution < -0.4 is 11.1 Å². The van der Waals surface area contributed by atoms with E-state index in [1.807, 2.05) is 31.2 Å². The van der Waals surface area contributed by atoms with Gasteiger partial charge in [-0.2, -0.15) is 0 Å². The molecule has 1 fully saturated rings. The van der Waals surface area contributed by atoms with Gasteiger partial charge in [-0.25, -0.2) is 0 Å². The third-order valence-electron chi connectivity index (χ3n) is 3.50. The number of anilines is 1. The van der Waals surface area contributed by atoms with Gasteiger partial charge in [-0.05, 0) is 31.9 Å². The van der Waals surface area contributed by atoms with Crippen molar-refractivity contribution in [2.24, 2.45) is 5.73 Å². The van der Waals surface area contributed by atoms with Crippen LogP contribution in [0, 0.1) is 6.92 Å². The minimum atomic E-state index is -0.511. The van der Waals surface area contributed by atoms with Gasteiger partial charge in [0.05, 0.1) is 6.61 Å². The van der Waals surface area contributed by atoms with E-state index in [4.69, 9.17) is 15.2 Å². The molecule has 1 amide bonds. The van der Waals surface area contributed by atoms with Crippen LogP contribution in [0.5, 0.6) is 0 Å². The predicted octanol–water partition coefficient (Wildman–Crippen LogP) is 1.46. The lowest BCUT2D eigenvalue weighted by Gasteiger charge is -2.35. The Hall–Kier alpha value is -1.43. The molecule has 1 aromatic carbocycles. The molecule has 0 aromatic heterocycles. The maximum Gasteiger partial charge on any atom is 0.250 e. The average molecular weight is 278 g/mol. The number of amides is 1. The monoisotopic (exact) mass is 278 g/mol. The summed E-state index contributed by atoms with van der Waals surface area (Å²) in [6, 6.07) is 7.64. The van der Waals surface area contributed by atoms with Crippen LogP contribution in [0.3, 0.4) is 0 Å². The number of nitrogens with one attached hydrogen (secondary N) is 1. The second kappa shape index (κ2) is 6.83. The summed E-state index contributed by atoms with van der Waals surface area (Å²) in [5.41, 5.74) is 7.17. The highest BCUT2D eigenvalue weighted by atomic mass is 16.5. The Morgan fingerprint density at radius 1 is 1.45 bits per heavy atom. The molecule has 1 aromatic rings. The molecule has 0 radical (unpaired) electrons. The quantitative estimate of drug-likeness (QED) is 0.855. The first-order valence-electron chi connectivity index (χ1n) is 6.92. The van der Waals surface area contributed by atoms with Crippen LogP contribution in [-0.2, 0) is 14.3 Å². The molecule has 1 unspecified atom stereocenters. The first-order valence-corrected chi connectivity index (χ1v) is 6.92. The molecule has 20 heavy (non-hydrogen) atoms. The predicted molar refractivity (Wildman–Crippen MR) is 77.6 cm³/mol. The first-order chi connectivity index (χ1) is 9.63. The molecule has 1 aliphatic heterocycles. The Morgan fingerprint density at radius 2 is 2.20 bits per heavy atom. The van der Waals surface area contributed by atoms with Crippen molar-refractivity contribution in [3.05, 3.63) is 29.8 Å². The van der Waals surface area contributed by atoms with Gasteiger partial charge in [0.2, 0.25) is 5.91 Å². The molecule has 1 saturated heterocycles. The highest BCUT2D eigenvalue weighted by molar-refractivity contribution is 5.91. The normalized spacial score (nSPS) is 22.5. The van der Waals surface area contributed by atoms with Crippen molar-refractivity contribution in [1.29, 1.82) is 0 Å². The van der Waals surface area contributed by atoms with Crippen LogP contribution in [0.1, 0.15) is 18.4 Å². The van der Waals surface area contributed by atoms with E-state index in [0.717, 1.165) is 30.7 Å². The second-order valence-electron chi connectivity index (χ2n) is 5.25. The summed E-state index contributed by atoms with van der Waals surface area (Å²) in [5, 5.41) is 2.80. The van der Waals surface area contributed by atoms with E-state index in [2.05, 4.69) is 5.32 Å². The number of rotatable bonds is 5. The fourth-order valence-corrected chi connectivity index (χ4v) is 2.21. The highest BCUT2D eigenvalue weighted by Gasteiger charge is 2.33. The Kier molecular flexibility index (Phi) is 5.11. The number of hydrogen-bond donors (Lipinski definition) is 2. The van der Waals surface area contributed by atoms with Crippen LogP contribution >= 0.6 is 0 Å². The smallest absolute Gasteiger partial charge is 0.250 e. The molecular formula is C15H22N2O3. The van der Waals surface area contributed by atoms with E-state index in [-0.39, 0.29) is 12.5 Å². The van der Waals surface area contributed by atoms with Crippen molar-refractivity contribution in [2.45, 2.75) is 25.4 Å². The summed E-state index contributed by atoms with van der Waals surface area (Å²) in [6.45, 7) is 3.56. The molecule has 5 heteroatoms. The zero-order valence-electron chi connectivity index (χ0n) is 11.9. The molecule has 0 aliphatic carbocycles. The lowest BCUT2D eigenvalue weighted by Crippen LogP contribution is -2.49. The summed E-state index contributed by atoms with van der Waals surface area (Å²) in [6.07, 6.45) is 1.75. The van der Waals surface area contributed by atoms with Crippen molar-refractivity contribution in [2.75, 3.05) is 31.7 Å². The summed E-state index contributed by atoms with van der Waals surface area (Å²) in [5.74, 6) is -0.174. The zero-order chi connectivity index (χ0) is 14.4. The summed E-state index contributed by atoms with van der Waals surface area (Å²) in [7, 11) is 0. The fraction of sp³-hybridized carbons (Fsp3) is 0.533. The zero-order valence-corrected chi connectivity index (χ0v) is 11.9. The molecule has 5 nitrogen and oxygen atoms in total. The van der Waals surface area contributed by atoms with Gasteiger partial charge >= 0.3 is 0 Å². The number of aryl methyl sites for hydroxylation is 1. The maximum atomic E-state index is 11.9.